The van der Waals surface area contributed by atoms with E-state index in [2.05, 4.69) is 35.1 Å². The molecule has 1 aliphatic carbocycles. The third-order valence-electron chi connectivity index (χ3n) is 4.17. The molecule has 1 N–H and O–H groups in total. The molecule has 1 fully saturated rings. The van der Waals surface area contributed by atoms with Gasteiger partial charge < -0.3 is 5.32 Å². The molecule has 110 valence electrons. The predicted molar refractivity (Wildman–Crippen MR) is 87.2 cm³/mol. The zero-order valence-corrected chi connectivity index (χ0v) is 14.3. The Hall–Kier alpha value is -0.540. The Bertz CT molecular complexity index is 489. The highest BCUT2D eigenvalue weighted by Crippen LogP contribution is 2.31. The number of benzene rings is 1. The normalized spacial score (nSPS) is 22.9. The van der Waals surface area contributed by atoms with Gasteiger partial charge in [-0.25, -0.2) is 0 Å². The molecule has 2 nitrogen and oxygen atoms in total. The van der Waals surface area contributed by atoms with Gasteiger partial charge in [0.1, 0.15) is 0 Å². The minimum Gasteiger partial charge on any atom is -0.349 e. The predicted octanol–water partition coefficient (Wildman–Crippen LogP) is 5.05. The van der Waals surface area contributed by atoms with Crippen molar-refractivity contribution in [3.05, 3.63) is 33.3 Å². The lowest BCUT2D eigenvalue weighted by atomic mass is 9.78. The van der Waals surface area contributed by atoms with Crippen LogP contribution in [0.4, 0.5) is 0 Å². The minimum atomic E-state index is -0.0612. The number of nitrogens with one attached hydrogen (secondary N) is 1. The summed E-state index contributed by atoms with van der Waals surface area (Å²) in [5.74, 6) is 1.10. The molecule has 0 radical (unpaired) electrons. The standard InChI is InChI=1S/C16H21BrClNO/c1-10(2)12-5-3-4-6-15(12)19-16(20)13-9-11(17)7-8-14(13)18/h7-10,12,15H,3-6H2,1-2H3,(H,19,20). The summed E-state index contributed by atoms with van der Waals surface area (Å²) in [6.45, 7) is 4.47. The molecular weight excluding hydrogens is 338 g/mol. The van der Waals surface area contributed by atoms with Crippen LogP contribution in [0, 0.1) is 11.8 Å². The van der Waals surface area contributed by atoms with E-state index in [1.54, 1.807) is 12.1 Å². The van der Waals surface area contributed by atoms with Gasteiger partial charge in [0.25, 0.3) is 5.91 Å². The van der Waals surface area contributed by atoms with Crippen molar-refractivity contribution in [2.24, 2.45) is 11.8 Å². The summed E-state index contributed by atoms with van der Waals surface area (Å²) in [5, 5.41) is 3.69. The van der Waals surface area contributed by atoms with Crippen molar-refractivity contribution in [1.82, 2.24) is 5.32 Å². The number of halogens is 2. The van der Waals surface area contributed by atoms with Crippen LogP contribution in [0.3, 0.4) is 0 Å². The molecule has 1 aromatic rings. The molecule has 0 bridgehead atoms. The monoisotopic (exact) mass is 357 g/mol. The van der Waals surface area contributed by atoms with Gasteiger partial charge in [0.05, 0.1) is 10.6 Å². The van der Waals surface area contributed by atoms with E-state index in [0.717, 1.165) is 10.9 Å². The van der Waals surface area contributed by atoms with Crippen molar-refractivity contribution in [1.29, 1.82) is 0 Å². The highest BCUT2D eigenvalue weighted by Gasteiger charge is 2.29. The molecule has 0 aromatic heterocycles. The van der Waals surface area contributed by atoms with Crippen molar-refractivity contribution >= 4 is 33.4 Å². The molecule has 1 aliphatic rings. The highest BCUT2D eigenvalue weighted by atomic mass is 79.9. The largest absolute Gasteiger partial charge is 0.349 e. The fourth-order valence-electron chi connectivity index (χ4n) is 3.05. The first-order valence-corrected chi connectivity index (χ1v) is 8.42. The lowest BCUT2D eigenvalue weighted by Gasteiger charge is -2.35. The van der Waals surface area contributed by atoms with Gasteiger partial charge in [-0.05, 0) is 42.9 Å². The topological polar surface area (TPSA) is 29.1 Å². The highest BCUT2D eigenvalue weighted by molar-refractivity contribution is 9.10. The number of carbonyl (C=O) groups is 1. The average molecular weight is 359 g/mol. The zero-order valence-electron chi connectivity index (χ0n) is 12.0. The van der Waals surface area contributed by atoms with Crippen LogP contribution in [0.25, 0.3) is 0 Å². The van der Waals surface area contributed by atoms with Crippen LogP contribution in [0.15, 0.2) is 22.7 Å². The first kappa shape index (κ1) is 15.8. The second-order valence-electron chi connectivity index (χ2n) is 5.90. The van der Waals surface area contributed by atoms with Gasteiger partial charge >= 0.3 is 0 Å². The maximum atomic E-state index is 12.4. The number of carbonyl (C=O) groups excluding carboxylic acids is 1. The quantitative estimate of drug-likeness (QED) is 0.805. The molecular formula is C16H21BrClNO. The van der Waals surface area contributed by atoms with Crippen LogP contribution < -0.4 is 5.32 Å². The smallest absolute Gasteiger partial charge is 0.253 e. The van der Waals surface area contributed by atoms with Gasteiger partial charge in [-0.1, -0.05) is 54.2 Å². The van der Waals surface area contributed by atoms with Crippen molar-refractivity contribution in [3.63, 3.8) is 0 Å². The van der Waals surface area contributed by atoms with E-state index in [1.165, 1.54) is 19.3 Å². The lowest BCUT2D eigenvalue weighted by Crippen LogP contribution is -2.44. The van der Waals surface area contributed by atoms with Crippen LogP contribution >= 0.6 is 27.5 Å². The molecule has 1 aromatic carbocycles. The maximum Gasteiger partial charge on any atom is 0.253 e. The zero-order chi connectivity index (χ0) is 14.7. The Balaban J connectivity index is 2.11. The maximum absolute atomic E-state index is 12.4. The van der Waals surface area contributed by atoms with Crippen molar-refractivity contribution in [2.45, 2.75) is 45.6 Å². The molecule has 0 saturated heterocycles. The molecule has 2 atom stereocenters. The second kappa shape index (κ2) is 6.95. The molecule has 0 aliphatic heterocycles. The summed E-state index contributed by atoms with van der Waals surface area (Å²) in [4.78, 5) is 12.4. The fraction of sp³-hybridized carbons (Fsp3) is 0.562. The van der Waals surface area contributed by atoms with E-state index >= 15 is 0 Å². The third kappa shape index (κ3) is 3.76. The molecule has 1 amide bonds. The number of rotatable bonds is 3. The minimum absolute atomic E-state index is 0.0612. The Labute approximate surface area is 134 Å². The van der Waals surface area contributed by atoms with E-state index < -0.39 is 0 Å². The van der Waals surface area contributed by atoms with E-state index in [9.17, 15) is 4.79 Å². The Morgan fingerprint density at radius 3 is 2.75 bits per heavy atom. The van der Waals surface area contributed by atoms with Crippen molar-refractivity contribution < 1.29 is 4.79 Å². The van der Waals surface area contributed by atoms with Crippen LogP contribution in [-0.4, -0.2) is 11.9 Å². The van der Waals surface area contributed by atoms with Crippen molar-refractivity contribution in [2.75, 3.05) is 0 Å². The van der Waals surface area contributed by atoms with Gasteiger partial charge in [0, 0.05) is 10.5 Å². The van der Waals surface area contributed by atoms with Gasteiger partial charge in [-0.3, -0.25) is 4.79 Å². The SMILES string of the molecule is CC(C)C1CCCCC1NC(=O)c1cc(Br)ccc1Cl. The summed E-state index contributed by atoms with van der Waals surface area (Å²) in [7, 11) is 0. The van der Waals surface area contributed by atoms with Gasteiger partial charge in [0.2, 0.25) is 0 Å². The van der Waals surface area contributed by atoms with Crippen LogP contribution in [0.2, 0.25) is 5.02 Å². The molecule has 0 spiro atoms. The van der Waals surface area contributed by atoms with E-state index in [0.29, 0.717) is 22.4 Å². The van der Waals surface area contributed by atoms with Gasteiger partial charge in [-0.15, -0.1) is 0 Å². The Kier molecular flexibility index (Phi) is 5.50. The van der Waals surface area contributed by atoms with Gasteiger partial charge in [0.15, 0.2) is 0 Å². The number of hydrogen-bond donors (Lipinski definition) is 1. The number of amides is 1. The summed E-state index contributed by atoms with van der Waals surface area (Å²) in [6.07, 6.45) is 4.74. The van der Waals surface area contributed by atoms with Gasteiger partial charge in [-0.2, -0.15) is 0 Å². The van der Waals surface area contributed by atoms with E-state index in [-0.39, 0.29) is 11.9 Å². The first-order valence-electron chi connectivity index (χ1n) is 7.25. The second-order valence-corrected chi connectivity index (χ2v) is 7.22. The molecule has 2 unspecified atom stereocenters. The first-order chi connectivity index (χ1) is 9.49. The fourth-order valence-corrected chi connectivity index (χ4v) is 3.62. The summed E-state index contributed by atoms with van der Waals surface area (Å²) >= 11 is 9.51. The molecule has 4 heteroatoms. The summed E-state index contributed by atoms with van der Waals surface area (Å²) in [6, 6.07) is 5.65. The summed E-state index contributed by atoms with van der Waals surface area (Å²) < 4.78 is 0.871. The molecule has 1 saturated carbocycles. The van der Waals surface area contributed by atoms with E-state index in [1.807, 2.05) is 6.07 Å². The van der Waals surface area contributed by atoms with Crippen LogP contribution in [0.5, 0.6) is 0 Å². The van der Waals surface area contributed by atoms with Crippen LogP contribution in [-0.2, 0) is 0 Å². The molecule has 2 rings (SSSR count). The Morgan fingerprint density at radius 1 is 1.35 bits per heavy atom. The number of hydrogen-bond acceptors (Lipinski definition) is 1. The van der Waals surface area contributed by atoms with Crippen LogP contribution in [0.1, 0.15) is 49.9 Å². The van der Waals surface area contributed by atoms with E-state index in [4.69, 9.17) is 11.6 Å². The van der Waals surface area contributed by atoms with Crippen molar-refractivity contribution in [3.8, 4) is 0 Å². The molecule has 20 heavy (non-hydrogen) atoms. The molecule has 0 heterocycles. The Morgan fingerprint density at radius 2 is 2.05 bits per heavy atom. The lowest BCUT2D eigenvalue weighted by molar-refractivity contribution is 0.0889. The average Bonchev–Trinajstić information content (AvgIpc) is 2.41. The third-order valence-corrected chi connectivity index (χ3v) is 4.99. The summed E-state index contributed by atoms with van der Waals surface area (Å²) in [5.41, 5.74) is 0.550.